The maximum Gasteiger partial charge on any atom is 0.125 e. The molecule has 86 valence electrons. The highest BCUT2D eigenvalue weighted by molar-refractivity contribution is 6.25. The summed E-state index contributed by atoms with van der Waals surface area (Å²) in [6.45, 7) is 3.47. The zero-order valence-electron chi connectivity index (χ0n) is 7.94. The molecular weight excluding hydrogens is 207 g/mol. The molecule has 7 heteroatoms. The molecule has 0 aliphatic carbocycles. The number of carbonyl (C=O) groups is 2. The van der Waals surface area contributed by atoms with E-state index in [1.807, 2.05) is 0 Å². The van der Waals surface area contributed by atoms with E-state index >= 15 is 0 Å². The first-order valence-corrected chi connectivity index (χ1v) is 4.52. The van der Waals surface area contributed by atoms with Crippen LogP contribution >= 0.6 is 0 Å². The summed E-state index contributed by atoms with van der Waals surface area (Å²) in [6.07, 6.45) is -0.536. The number of halogens is 1. The number of hydrogen-bond acceptors (Lipinski definition) is 6. The van der Waals surface area contributed by atoms with E-state index in [1.54, 1.807) is 0 Å². The van der Waals surface area contributed by atoms with Crippen molar-refractivity contribution in [3.8, 4) is 0 Å². The molecule has 0 aromatic heterocycles. The van der Waals surface area contributed by atoms with Gasteiger partial charge in [0.05, 0.1) is 11.9 Å². The van der Waals surface area contributed by atoms with Crippen molar-refractivity contribution in [1.82, 2.24) is 10.2 Å². The van der Waals surface area contributed by atoms with Crippen molar-refractivity contribution < 1.29 is 24.2 Å². The van der Waals surface area contributed by atoms with Crippen molar-refractivity contribution in [2.75, 3.05) is 26.2 Å². The fraction of sp³-hybridized carbons (Fsp3) is 0.750. The number of carbonyl (C=O) groups excluding carboxylic acids is 2. The summed E-state index contributed by atoms with van der Waals surface area (Å²) < 4.78 is 12.2. The minimum Gasteiger partial charge on any atom is -0.543 e. The lowest BCUT2D eigenvalue weighted by atomic mass is 10.0. The Bertz CT molecular complexity index is 239. The number of likely N-dealkylation sites (tertiary alicyclic amines) is 1. The number of aliphatic carboxylic acids is 2. The average Bonchev–Trinajstić information content (AvgIpc) is 1.99. The normalized spacial score (nSPS) is 21.9. The Labute approximate surface area is 85.7 Å². The first kappa shape index (κ1) is 11.9. The second-order valence-electron chi connectivity index (χ2n) is 3.44. The van der Waals surface area contributed by atoms with Gasteiger partial charge in [-0.05, 0) is 0 Å². The SMILES string of the molecule is FC1CN(C2CNC2)C1.O=C([O-])C(=O)[O-]. The predicted molar refractivity (Wildman–Crippen MR) is 43.1 cm³/mol. The maximum absolute atomic E-state index is 12.2. The molecule has 2 rings (SSSR count). The number of nitrogens with one attached hydrogen (secondary N) is 1. The fourth-order valence-electron chi connectivity index (χ4n) is 1.29. The molecule has 2 aliphatic heterocycles. The number of rotatable bonds is 1. The highest BCUT2D eigenvalue weighted by atomic mass is 19.1. The van der Waals surface area contributed by atoms with Gasteiger partial charge < -0.3 is 25.1 Å². The van der Waals surface area contributed by atoms with Gasteiger partial charge in [-0.15, -0.1) is 0 Å². The van der Waals surface area contributed by atoms with E-state index in [0.29, 0.717) is 19.1 Å². The van der Waals surface area contributed by atoms with Crippen LogP contribution in [0.25, 0.3) is 0 Å². The molecule has 0 amide bonds. The summed E-state index contributed by atoms with van der Waals surface area (Å²) in [5.74, 6) is -4.37. The second kappa shape index (κ2) is 5.04. The Kier molecular flexibility index (Phi) is 3.98. The van der Waals surface area contributed by atoms with Crippen molar-refractivity contribution in [2.45, 2.75) is 12.2 Å². The molecule has 0 saturated carbocycles. The van der Waals surface area contributed by atoms with Crippen molar-refractivity contribution >= 4 is 11.9 Å². The minimum absolute atomic E-state index is 0.536. The summed E-state index contributed by atoms with van der Waals surface area (Å²) in [5.41, 5.74) is 0. The van der Waals surface area contributed by atoms with Crippen molar-refractivity contribution in [3.63, 3.8) is 0 Å². The summed E-state index contributed by atoms with van der Waals surface area (Å²) in [4.78, 5) is 20.0. The molecule has 15 heavy (non-hydrogen) atoms. The zero-order valence-corrected chi connectivity index (χ0v) is 7.94. The van der Waals surface area contributed by atoms with E-state index in [9.17, 15) is 4.39 Å². The van der Waals surface area contributed by atoms with Crippen LogP contribution in [0.1, 0.15) is 0 Å². The van der Waals surface area contributed by atoms with Gasteiger partial charge in [0.2, 0.25) is 0 Å². The molecule has 0 spiro atoms. The molecule has 0 unspecified atom stereocenters. The van der Waals surface area contributed by atoms with E-state index in [0.717, 1.165) is 13.1 Å². The molecule has 2 saturated heterocycles. The third kappa shape index (κ3) is 3.45. The van der Waals surface area contributed by atoms with Crippen LogP contribution in [0.4, 0.5) is 4.39 Å². The van der Waals surface area contributed by atoms with Gasteiger partial charge in [-0.3, -0.25) is 4.90 Å². The highest BCUT2D eigenvalue weighted by Crippen LogP contribution is 2.16. The molecule has 0 radical (unpaired) electrons. The van der Waals surface area contributed by atoms with Crippen LogP contribution in [0.3, 0.4) is 0 Å². The quantitative estimate of drug-likeness (QED) is 0.452. The van der Waals surface area contributed by atoms with Crippen LogP contribution in [0.15, 0.2) is 0 Å². The average molecular weight is 218 g/mol. The number of alkyl halides is 1. The third-order valence-corrected chi connectivity index (χ3v) is 2.31. The lowest BCUT2D eigenvalue weighted by Gasteiger charge is -2.45. The number of nitrogens with zero attached hydrogens (tertiary/aromatic N) is 1. The van der Waals surface area contributed by atoms with Crippen molar-refractivity contribution in [2.24, 2.45) is 0 Å². The molecule has 0 atom stereocenters. The molecule has 2 aliphatic rings. The van der Waals surface area contributed by atoms with Gasteiger partial charge in [-0.25, -0.2) is 4.39 Å². The Morgan fingerprint density at radius 2 is 1.67 bits per heavy atom. The zero-order chi connectivity index (χ0) is 11.4. The molecule has 0 bridgehead atoms. The van der Waals surface area contributed by atoms with Gasteiger partial charge in [0.15, 0.2) is 0 Å². The van der Waals surface area contributed by atoms with Gasteiger partial charge in [-0.1, -0.05) is 0 Å². The second-order valence-corrected chi connectivity index (χ2v) is 3.44. The summed E-state index contributed by atoms with van der Waals surface area (Å²) in [5, 5.41) is 21.0. The predicted octanol–water partition coefficient (Wildman–Crippen LogP) is -3.90. The molecule has 1 N–H and O–H groups in total. The Morgan fingerprint density at radius 1 is 1.20 bits per heavy atom. The monoisotopic (exact) mass is 218 g/mol. The summed E-state index contributed by atoms with van der Waals surface area (Å²) >= 11 is 0. The van der Waals surface area contributed by atoms with Gasteiger partial charge in [-0.2, -0.15) is 0 Å². The largest absolute Gasteiger partial charge is 0.543 e. The van der Waals surface area contributed by atoms with Gasteiger partial charge in [0, 0.05) is 32.2 Å². The molecule has 0 aromatic carbocycles. The van der Waals surface area contributed by atoms with Gasteiger partial charge in [0.1, 0.15) is 6.17 Å². The van der Waals surface area contributed by atoms with Crippen LogP contribution in [-0.2, 0) is 9.59 Å². The molecular formula is C8H11FN2O4-2. The lowest BCUT2D eigenvalue weighted by molar-refractivity contribution is -0.345. The summed E-state index contributed by atoms with van der Waals surface area (Å²) in [7, 11) is 0. The third-order valence-electron chi connectivity index (χ3n) is 2.31. The van der Waals surface area contributed by atoms with E-state index in [4.69, 9.17) is 19.8 Å². The Hall–Kier alpha value is -1.21. The smallest absolute Gasteiger partial charge is 0.125 e. The summed E-state index contributed by atoms with van der Waals surface area (Å²) in [6, 6.07) is 0.650. The van der Waals surface area contributed by atoms with E-state index in [1.165, 1.54) is 0 Å². The van der Waals surface area contributed by atoms with E-state index in [-0.39, 0.29) is 0 Å². The number of carboxylic acids is 2. The highest BCUT2D eigenvalue weighted by Gasteiger charge is 2.34. The van der Waals surface area contributed by atoms with Crippen LogP contribution in [0.2, 0.25) is 0 Å². The van der Waals surface area contributed by atoms with Crippen LogP contribution in [0, 0.1) is 0 Å². The van der Waals surface area contributed by atoms with Gasteiger partial charge in [0.25, 0.3) is 0 Å². The molecule has 0 aromatic rings. The first-order chi connectivity index (χ1) is 7.00. The van der Waals surface area contributed by atoms with E-state index < -0.39 is 18.1 Å². The maximum atomic E-state index is 12.2. The minimum atomic E-state index is -2.19. The van der Waals surface area contributed by atoms with Gasteiger partial charge >= 0.3 is 0 Å². The lowest BCUT2D eigenvalue weighted by Crippen LogP contribution is -2.64. The molecule has 6 nitrogen and oxygen atoms in total. The Morgan fingerprint density at radius 3 is 1.87 bits per heavy atom. The van der Waals surface area contributed by atoms with E-state index in [2.05, 4.69) is 10.2 Å². The van der Waals surface area contributed by atoms with Crippen molar-refractivity contribution in [3.05, 3.63) is 0 Å². The molecule has 2 heterocycles. The van der Waals surface area contributed by atoms with Crippen LogP contribution in [-0.4, -0.2) is 55.2 Å². The molecule has 2 fully saturated rings. The first-order valence-electron chi connectivity index (χ1n) is 4.52. The number of carboxylic acid groups (broad SMARTS) is 2. The topological polar surface area (TPSA) is 95.5 Å². The van der Waals surface area contributed by atoms with Crippen LogP contribution in [0.5, 0.6) is 0 Å². The number of hydrogen-bond donors (Lipinski definition) is 1. The van der Waals surface area contributed by atoms with Crippen molar-refractivity contribution in [1.29, 1.82) is 0 Å². The Balaban J connectivity index is 0.000000167. The fourth-order valence-corrected chi connectivity index (χ4v) is 1.29. The standard InChI is InChI=1S/C6H11FN2.C2H2O4/c7-5-3-9(4-5)6-1-8-2-6;3-1(4)2(5)6/h5-6,8H,1-4H2;(H,3,4)(H,5,6)/p-2. The van der Waals surface area contributed by atoms with Crippen LogP contribution < -0.4 is 15.5 Å².